The van der Waals surface area contributed by atoms with Crippen LogP contribution in [-0.2, 0) is 20.5 Å². The molecular weight excluding hydrogens is 335 g/mol. The summed E-state index contributed by atoms with van der Waals surface area (Å²) in [6.07, 6.45) is 0. The van der Waals surface area contributed by atoms with Crippen LogP contribution < -0.4 is 0 Å². The van der Waals surface area contributed by atoms with Crippen molar-refractivity contribution >= 4 is 34.2 Å². The number of halogens is 3. The van der Waals surface area contributed by atoms with Crippen LogP contribution >= 0.6 is 34.2 Å². The molecule has 1 rings (SSSR count). The zero-order chi connectivity index (χ0) is 11.3. The van der Waals surface area contributed by atoms with Gasteiger partial charge in [-0.1, -0.05) is 34.2 Å². The molecule has 0 saturated heterocycles. The number of aromatic nitrogens is 1. The van der Waals surface area contributed by atoms with Crippen molar-refractivity contribution in [3.05, 3.63) is 28.3 Å². The Balaban J connectivity index is 2.76. The Morgan fingerprint density at radius 2 is 2.33 bits per heavy atom. The van der Waals surface area contributed by atoms with Gasteiger partial charge in [-0.25, -0.2) is 9.37 Å². The predicted molar refractivity (Wildman–Crippen MR) is 63.6 cm³/mol. The van der Waals surface area contributed by atoms with Gasteiger partial charge in [0.05, 0.1) is 12.3 Å². The van der Waals surface area contributed by atoms with Crippen molar-refractivity contribution in [3.8, 4) is 0 Å². The Labute approximate surface area is 106 Å². The summed E-state index contributed by atoms with van der Waals surface area (Å²) < 4.78 is 23.6. The van der Waals surface area contributed by atoms with Crippen LogP contribution in [0.2, 0.25) is 5.15 Å². The first-order valence-electron chi connectivity index (χ1n) is 4.15. The molecule has 15 heavy (non-hydrogen) atoms. The van der Waals surface area contributed by atoms with Gasteiger partial charge in [0.15, 0.2) is 0 Å². The average Bonchev–Trinajstić information content (AvgIpc) is 2.23. The fourth-order valence-electron chi connectivity index (χ4n) is 0.969. The Morgan fingerprint density at radius 3 is 2.93 bits per heavy atom. The SMILES string of the molecule is COCOCc1cc(F)c(CI)nc1Cl. The van der Waals surface area contributed by atoms with Crippen LogP contribution in [0.5, 0.6) is 0 Å². The van der Waals surface area contributed by atoms with E-state index in [0.29, 0.717) is 15.7 Å². The highest BCUT2D eigenvalue weighted by Gasteiger charge is 2.09. The summed E-state index contributed by atoms with van der Waals surface area (Å²) in [5.41, 5.74) is 0.885. The lowest BCUT2D eigenvalue weighted by molar-refractivity contribution is -0.0391. The number of methoxy groups -OCH3 is 1. The van der Waals surface area contributed by atoms with Crippen LogP contribution in [0.25, 0.3) is 0 Å². The van der Waals surface area contributed by atoms with Crippen LogP contribution in [0.4, 0.5) is 4.39 Å². The zero-order valence-corrected chi connectivity index (χ0v) is 11.0. The van der Waals surface area contributed by atoms with Crippen molar-refractivity contribution in [2.75, 3.05) is 13.9 Å². The summed E-state index contributed by atoms with van der Waals surface area (Å²) in [6.45, 7) is 0.337. The van der Waals surface area contributed by atoms with E-state index >= 15 is 0 Å². The number of rotatable bonds is 5. The summed E-state index contributed by atoms with van der Waals surface area (Å²) in [6, 6.07) is 1.35. The fourth-order valence-corrected chi connectivity index (χ4v) is 1.72. The third kappa shape index (κ3) is 3.82. The lowest BCUT2D eigenvalue weighted by Crippen LogP contribution is -2.01. The van der Waals surface area contributed by atoms with Crippen LogP contribution in [-0.4, -0.2) is 18.9 Å². The molecular formula is C9H10ClFINO2. The molecule has 0 radical (unpaired) electrons. The molecule has 0 unspecified atom stereocenters. The van der Waals surface area contributed by atoms with Gasteiger partial charge in [-0.15, -0.1) is 0 Å². The third-order valence-corrected chi connectivity index (χ3v) is 2.71. The molecule has 6 heteroatoms. The lowest BCUT2D eigenvalue weighted by Gasteiger charge is -2.06. The van der Waals surface area contributed by atoms with Crippen molar-refractivity contribution in [2.24, 2.45) is 0 Å². The molecule has 0 spiro atoms. The lowest BCUT2D eigenvalue weighted by atomic mass is 10.2. The smallest absolute Gasteiger partial charge is 0.146 e. The van der Waals surface area contributed by atoms with Gasteiger partial charge >= 0.3 is 0 Å². The van der Waals surface area contributed by atoms with E-state index in [2.05, 4.69) is 4.98 Å². The van der Waals surface area contributed by atoms with E-state index in [1.807, 2.05) is 22.6 Å². The van der Waals surface area contributed by atoms with Crippen molar-refractivity contribution < 1.29 is 13.9 Å². The Morgan fingerprint density at radius 1 is 1.60 bits per heavy atom. The first-order chi connectivity index (χ1) is 7.19. The van der Waals surface area contributed by atoms with Gasteiger partial charge in [0.2, 0.25) is 0 Å². The minimum atomic E-state index is -0.357. The number of alkyl halides is 1. The monoisotopic (exact) mass is 345 g/mol. The van der Waals surface area contributed by atoms with Crippen LogP contribution in [0.15, 0.2) is 6.07 Å². The molecule has 0 aromatic carbocycles. The van der Waals surface area contributed by atoms with Crippen molar-refractivity contribution in [1.29, 1.82) is 0 Å². The molecule has 3 nitrogen and oxygen atoms in total. The summed E-state index contributed by atoms with van der Waals surface area (Å²) in [4.78, 5) is 3.93. The molecule has 0 fully saturated rings. The van der Waals surface area contributed by atoms with Crippen molar-refractivity contribution in [3.63, 3.8) is 0 Å². The zero-order valence-electron chi connectivity index (χ0n) is 8.10. The minimum absolute atomic E-state index is 0.145. The van der Waals surface area contributed by atoms with Crippen molar-refractivity contribution in [2.45, 2.75) is 11.0 Å². The van der Waals surface area contributed by atoms with E-state index in [9.17, 15) is 4.39 Å². The number of hydrogen-bond acceptors (Lipinski definition) is 3. The Kier molecular flexibility index (Phi) is 5.73. The molecule has 0 saturated carbocycles. The molecule has 1 aromatic heterocycles. The largest absolute Gasteiger partial charge is 0.359 e. The maximum absolute atomic E-state index is 13.3. The van der Waals surface area contributed by atoms with Gasteiger partial charge in [-0.05, 0) is 6.07 Å². The highest BCUT2D eigenvalue weighted by Crippen LogP contribution is 2.19. The molecule has 0 N–H and O–H groups in total. The molecule has 0 bridgehead atoms. The van der Waals surface area contributed by atoms with E-state index in [1.54, 1.807) is 0 Å². The second kappa shape index (κ2) is 6.57. The van der Waals surface area contributed by atoms with E-state index in [0.717, 1.165) is 0 Å². The van der Waals surface area contributed by atoms with Gasteiger partial charge in [-0.2, -0.15) is 0 Å². The maximum Gasteiger partial charge on any atom is 0.146 e. The summed E-state index contributed by atoms with van der Waals surface area (Å²) in [7, 11) is 1.51. The Bertz CT molecular complexity index is 338. The molecule has 0 aliphatic heterocycles. The maximum atomic E-state index is 13.3. The topological polar surface area (TPSA) is 31.4 Å². The standard InChI is InChI=1S/C9H10ClFINO2/c1-14-5-15-4-6-2-7(11)8(3-12)13-9(6)10/h2H,3-5H2,1H3. The highest BCUT2D eigenvalue weighted by atomic mass is 127. The summed E-state index contributed by atoms with van der Waals surface area (Å²) >= 11 is 7.89. The first-order valence-corrected chi connectivity index (χ1v) is 6.05. The van der Waals surface area contributed by atoms with Gasteiger partial charge in [0, 0.05) is 17.1 Å². The molecule has 1 heterocycles. The second-order valence-electron chi connectivity index (χ2n) is 2.76. The van der Waals surface area contributed by atoms with Gasteiger partial charge < -0.3 is 9.47 Å². The number of pyridine rings is 1. The summed E-state index contributed by atoms with van der Waals surface area (Å²) in [5.74, 6) is -0.357. The van der Waals surface area contributed by atoms with Crippen molar-refractivity contribution in [1.82, 2.24) is 4.98 Å². The van der Waals surface area contributed by atoms with Gasteiger partial charge in [0.25, 0.3) is 0 Å². The van der Waals surface area contributed by atoms with Crippen LogP contribution in [0.3, 0.4) is 0 Å². The molecule has 0 atom stereocenters. The molecule has 0 aliphatic rings. The van der Waals surface area contributed by atoms with Crippen LogP contribution in [0, 0.1) is 5.82 Å². The first kappa shape index (κ1) is 13.1. The molecule has 0 aliphatic carbocycles. The quantitative estimate of drug-likeness (QED) is 0.270. The number of hydrogen-bond donors (Lipinski definition) is 0. The van der Waals surface area contributed by atoms with E-state index < -0.39 is 0 Å². The fraction of sp³-hybridized carbons (Fsp3) is 0.444. The minimum Gasteiger partial charge on any atom is -0.359 e. The number of ether oxygens (including phenoxy) is 2. The van der Waals surface area contributed by atoms with E-state index in [4.69, 9.17) is 21.1 Å². The predicted octanol–water partition coefficient (Wildman–Crippen LogP) is 2.93. The molecule has 1 aromatic rings. The van der Waals surface area contributed by atoms with Gasteiger partial charge in [-0.3, -0.25) is 0 Å². The summed E-state index contributed by atoms with van der Waals surface area (Å²) in [5, 5.41) is 0.277. The average molecular weight is 346 g/mol. The number of nitrogens with zero attached hydrogens (tertiary/aromatic N) is 1. The highest BCUT2D eigenvalue weighted by molar-refractivity contribution is 14.1. The molecule has 0 amide bonds. The second-order valence-corrected chi connectivity index (χ2v) is 3.88. The van der Waals surface area contributed by atoms with Crippen LogP contribution in [0.1, 0.15) is 11.3 Å². The molecule has 84 valence electrons. The normalized spacial score (nSPS) is 10.7. The third-order valence-electron chi connectivity index (χ3n) is 1.66. The van der Waals surface area contributed by atoms with Gasteiger partial charge in [0.1, 0.15) is 17.8 Å². The van der Waals surface area contributed by atoms with E-state index in [-0.39, 0.29) is 24.4 Å². The Hall–Kier alpha value is 0.0200. The van der Waals surface area contributed by atoms with E-state index in [1.165, 1.54) is 13.2 Å².